The van der Waals surface area contributed by atoms with Gasteiger partial charge >= 0.3 is 0 Å². The van der Waals surface area contributed by atoms with E-state index >= 15 is 0 Å². The van der Waals surface area contributed by atoms with Gasteiger partial charge in [0.15, 0.2) is 0 Å². The third-order valence-corrected chi connectivity index (χ3v) is 4.17. The van der Waals surface area contributed by atoms with Gasteiger partial charge in [-0.3, -0.25) is 9.97 Å². The van der Waals surface area contributed by atoms with Crippen LogP contribution in [0.2, 0.25) is 0 Å². The Morgan fingerprint density at radius 3 is 2.87 bits per heavy atom. The number of hydrogen-bond donors (Lipinski definition) is 0. The van der Waals surface area contributed by atoms with Gasteiger partial charge in [0.25, 0.3) is 0 Å². The van der Waals surface area contributed by atoms with E-state index in [0.717, 1.165) is 51.4 Å². The van der Waals surface area contributed by atoms with E-state index in [-0.39, 0.29) is 5.82 Å². The lowest BCUT2D eigenvalue weighted by atomic mass is 10.0. The zero-order chi connectivity index (χ0) is 15.9. The molecule has 0 aliphatic carbocycles. The monoisotopic (exact) mass is 315 g/mol. The van der Waals surface area contributed by atoms with Gasteiger partial charge in [-0.25, -0.2) is 4.39 Å². The van der Waals surface area contributed by atoms with E-state index in [1.807, 2.05) is 18.3 Å². The zero-order valence-corrected chi connectivity index (χ0v) is 13.2. The van der Waals surface area contributed by atoms with Crippen molar-refractivity contribution in [1.29, 1.82) is 0 Å². The molecule has 3 rings (SSSR count). The van der Waals surface area contributed by atoms with Crippen LogP contribution in [0.4, 0.5) is 4.39 Å². The van der Waals surface area contributed by atoms with Gasteiger partial charge in [-0.1, -0.05) is 12.1 Å². The van der Waals surface area contributed by atoms with Crippen molar-refractivity contribution in [2.75, 3.05) is 32.8 Å². The SMILES string of the molecule is Fc1ccc(CCN2CCOCC(Cc3cnccn3)C2)cc1. The molecule has 1 saturated heterocycles. The summed E-state index contributed by atoms with van der Waals surface area (Å²) in [6.45, 7) is 4.44. The Hall–Kier alpha value is -1.85. The molecule has 23 heavy (non-hydrogen) atoms. The van der Waals surface area contributed by atoms with Crippen molar-refractivity contribution in [1.82, 2.24) is 14.9 Å². The van der Waals surface area contributed by atoms with Crippen LogP contribution in [0.15, 0.2) is 42.9 Å². The first-order valence-electron chi connectivity index (χ1n) is 8.09. The van der Waals surface area contributed by atoms with Crippen LogP contribution in [-0.4, -0.2) is 47.7 Å². The van der Waals surface area contributed by atoms with Crippen molar-refractivity contribution in [3.8, 4) is 0 Å². The highest BCUT2D eigenvalue weighted by molar-refractivity contribution is 5.16. The Morgan fingerprint density at radius 2 is 2.09 bits per heavy atom. The number of nitrogens with zero attached hydrogens (tertiary/aromatic N) is 3. The Balaban J connectivity index is 1.53. The Labute approximate surface area is 136 Å². The highest BCUT2D eigenvalue weighted by atomic mass is 19.1. The minimum Gasteiger partial charge on any atom is -0.380 e. The lowest BCUT2D eigenvalue weighted by Gasteiger charge is -2.23. The van der Waals surface area contributed by atoms with Crippen molar-refractivity contribution >= 4 is 0 Å². The maximum absolute atomic E-state index is 13.0. The summed E-state index contributed by atoms with van der Waals surface area (Å²) in [6, 6.07) is 6.77. The maximum Gasteiger partial charge on any atom is 0.123 e. The first kappa shape index (κ1) is 16.0. The molecule has 1 fully saturated rings. The number of rotatable bonds is 5. The fourth-order valence-electron chi connectivity index (χ4n) is 2.95. The molecule has 0 spiro atoms. The molecule has 0 radical (unpaired) electrons. The van der Waals surface area contributed by atoms with Gasteiger partial charge in [0.2, 0.25) is 0 Å². The van der Waals surface area contributed by atoms with Crippen LogP contribution in [0.3, 0.4) is 0 Å². The van der Waals surface area contributed by atoms with Crippen LogP contribution >= 0.6 is 0 Å². The van der Waals surface area contributed by atoms with E-state index < -0.39 is 0 Å². The third kappa shape index (κ3) is 5.08. The smallest absolute Gasteiger partial charge is 0.123 e. The minimum atomic E-state index is -0.180. The van der Waals surface area contributed by atoms with Crippen LogP contribution in [-0.2, 0) is 17.6 Å². The second-order valence-corrected chi connectivity index (χ2v) is 6.02. The summed E-state index contributed by atoms with van der Waals surface area (Å²) in [4.78, 5) is 10.9. The van der Waals surface area contributed by atoms with E-state index in [1.54, 1.807) is 12.4 Å². The topological polar surface area (TPSA) is 38.2 Å². The van der Waals surface area contributed by atoms with Crippen molar-refractivity contribution < 1.29 is 9.13 Å². The molecule has 0 amide bonds. The number of halogens is 1. The van der Waals surface area contributed by atoms with Crippen LogP contribution in [0.25, 0.3) is 0 Å². The second-order valence-electron chi connectivity index (χ2n) is 6.02. The zero-order valence-electron chi connectivity index (χ0n) is 13.2. The highest BCUT2D eigenvalue weighted by Gasteiger charge is 2.19. The fraction of sp³-hybridized carbons (Fsp3) is 0.444. The predicted molar refractivity (Wildman–Crippen MR) is 86.6 cm³/mol. The minimum absolute atomic E-state index is 0.180. The molecule has 1 aliphatic heterocycles. The lowest BCUT2D eigenvalue weighted by molar-refractivity contribution is 0.121. The van der Waals surface area contributed by atoms with Crippen LogP contribution in [0.1, 0.15) is 11.3 Å². The Kier molecular flexibility index (Phi) is 5.66. The van der Waals surface area contributed by atoms with Crippen molar-refractivity contribution in [3.63, 3.8) is 0 Å². The van der Waals surface area contributed by atoms with Gasteiger partial charge in [0.05, 0.1) is 18.9 Å². The van der Waals surface area contributed by atoms with E-state index in [0.29, 0.717) is 5.92 Å². The molecule has 122 valence electrons. The van der Waals surface area contributed by atoms with Crippen LogP contribution in [0.5, 0.6) is 0 Å². The summed E-state index contributed by atoms with van der Waals surface area (Å²) in [5.74, 6) is 0.253. The molecular weight excluding hydrogens is 293 g/mol. The predicted octanol–water partition coefficient (Wildman–Crippen LogP) is 2.35. The first-order valence-corrected chi connectivity index (χ1v) is 8.09. The molecule has 2 heterocycles. The number of aromatic nitrogens is 2. The van der Waals surface area contributed by atoms with Gasteiger partial charge < -0.3 is 9.64 Å². The van der Waals surface area contributed by atoms with E-state index in [4.69, 9.17) is 4.74 Å². The summed E-state index contributed by atoms with van der Waals surface area (Å²) in [7, 11) is 0. The molecule has 4 nitrogen and oxygen atoms in total. The van der Waals surface area contributed by atoms with E-state index in [1.165, 1.54) is 17.7 Å². The molecule has 1 unspecified atom stereocenters. The quantitative estimate of drug-likeness (QED) is 0.849. The van der Waals surface area contributed by atoms with E-state index in [2.05, 4.69) is 14.9 Å². The molecule has 5 heteroatoms. The fourth-order valence-corrected chi connectivity index (χ4v) is 2.95. The summed E-state index contributed by atoms with van der Waals surface area (Å²) < 4.78 is 18.7. The van der Waals surface area contributed by atoms with Gasteiger partial charge in [-0.05, 0) is 30.5 Å². The average molecular weight is 315 g/mol. The summed E-state index contributed by atoms with van der Waals surface area (Å²) in [6.07, 6.45) is 7.08. The summed E-state index contributed by atoms with van der Waals surface area (Å²) in [5.41, 5.74) is 2.18. The van der Waals surface area contributed by atoms with Crippen LogP contribution < -0.4 is 0 Å². The maximum atomic E-state index is 13.0. The molecule has 2 aromatic rings. The molecule has 1 atom stereocenters. The summed E-state index contributed by atoms with van der Waals surface area (Å²) in [5, 5.41) is 0. The number of hydrogen-bond acceptors (Lipinski definition) is 4. The molecule has 1 aromatic heterocycles. The summed E-state index contributed by atoms with van der Waals surface area (Å²) >= 11 is 0. The van der Waals surface area contributed by atoms with Crippen molar-refractivity contribution in [3.05, 3.63) is 59.9 Å². The number of ether oxygens (including phenoxy) is 1. The van der Waals surface area contributed by atoms with Crippen molar-refractivity contribution in [2.45, 2.75) is 12.8 Å². The van der Waals surface area contributed by atoms with Gasteiger partial charge in [-0.2, -0.15) is 0 Å². The molecule has 0 saturated carbocycles. The molecule has 0 N–H and O–H groups in total. The van der Waals surface area contributed by atoms with E-state index in [9.17, 15) is 4.39 Å². The second kappa shape index (κ2) is 8.13. The lowest BCUT2D eigenvalue weighted by Crippen LogP contribution is -2.32. The van der Waals surface area contributed by atoms with Crippen molar-refractivity contribution in [2.24, 2.45) is 5.92 Å². The standard InChI is InChI=1S/C18H22FN3O/c19-17-3-1-15(2-4-17)5-8-22-9-10-23-14-16(13-22)11-18-12-20-6-7-21-18/h1-4,6-7,12,16H,5,8-11,13-14H2. The molecular formula is C18H22FN3O. The third-order valence-electron chi connectivity index (χ3n) is 4.17. The molecule has 0 bridgehead atoms. The average Bonchev–Trinajstić information content (AvgIpc) is 2.80. The normalized spacial score (nSPS) is 19.4. The molecule has 1 aromatic carbocycles. The van der Waals surface area contributed by atoms with Crippen LogP contribution in [0, 0.1) is 11.7 Å². The largest absolute Gasteiger partial charge is 0.380 e. The van der Waals surface area contributed by atoms with Gasteiger partial charge in [0.1, 0.15) is 5.82 Å². The van der Waals surface area contributed by atoms with Gasteiger partial charge in [-0.15, -0.1) is 0 Å². The first-order chi connectivity index (χ1) is 11.3. The Morgan fingerprint density at radius 1 is 1.22 bits per heavy atom. The number of benzene rings is 1. The highest BCUT2D eigenvalue weighted by Crippen LogP contribution is 2.13. The van der Waals surface area contributed by atoms with Gasteiger partial charge in [0, 0.05) is 44.1 Å². The Bertz CT molecular complexity index is 591. The molecule has 1 aliphatic rings.